The molecule has 0 unspecified atom stereocenters. The van der Waals surface area contributed by atoms with Gasteiger partial charge < -0.3 is 5.11 Å². The third-order valence-electron chi connectivity index (χ3n) is 2.44. The molecule has 0 aliphatic carbocycles. The number of phenolic OH excluding ortho intramolecular Hbond substituents is 1. The molecular weight excluding hydrogens is 246 g/mol. The summed E-state index contributed by atoms with van der Waals surface area (Å²) in [6.45, 7) is 5.22. The number of phenols is 1. The van der Waals surface area contributed by atoms with E-state index in [-0.39, 0.29) is 0 Å². The van der Waals surface area contributed by atoms with Crippen LogP contribution < -0.4 is 0 Å². The molecule has 0 radical (unpaired) electrons. The van der Waals surface area contributed by atoms with Gasteiger partial charge >= 0.3 is 0 Å². The molecule has 0 spiro atoms. The normalized spacial score (nSPS) is 11.1. The minimum absolute atomic E-state index is 0.294. The van der Waals surface area contributed by atoms with Crippen LogP contribution in [0.25, 0.3) is 0 Å². The highest BCUT2D eigenvalue weighted by atomic mass is 32.2. The summed E-state index contributed by atoms with van der Waals surface area (Å²) >= 11 is 1.69. The maximum Gasteiger partial charge on any atom is 0.138 e. The van der Waals surface area contributed by atoms with Crippen LogP contribution >= 0.6 is 11.8 Å². The molecule has 96 valence electrons. The Hall–Kier alpha value is -1.49. The van der Waals surface area contributed by atoms with E-state index in [0.29, 0.717) is 11.7 Å². The summed E-state index contributed by atoms with van der Waals surface area (Å²) in [5.41, 5.74) is 0. The van der Waals surface area contributed by atoms with Crippen molar-refractivity contribution in [2.24, 2.45) is 5.92 Å². The van der Waals surface area contributed by atoms with Crippen LogP contribution in [-0.2, 0) is 12.3 Å². The predicted octanol–water partition coefficient (Wildman–Crippen LogP) is 2.93. The SMILES string of the molecule is CC(C)Cn1ncnc1CSc1ccc(O)cc1. The van der Waals surface area contributed by atoms with Crippen molar-refractivity contribution in [3.8, 4) is 5.75 Å². The number of hydrogen-bond acceptors (Lipinski definition) is 4. The van der Waals surface area contributed by atoms with E-state index in [2.05, 4.69) is 23.9 Å². The summed E-state index contributed by atoms with van der Waals surface area (Å²) in [4.78, 5) is 5.40. The van der Waals surface area contributed by atoms with Gasteiger partial charge in [-0.1, -0.05) is 13.8 Å². The molecule has 5 heteroatoms. The molecular formula is C13H17N3OS. The lowest BCUT2D eigenvalue weighted by Gasteiger charge is -2.08. The van der Waals surface area contributed by atoms with Crippen LogP contribution in [0.1, 0.15) is 19.7 Å². The third kappa shape index (κ3) is 3.50. The molecule has 0 atom stereocenters. The van der Waals surface area contributed by atoms with Gasteiger partial charge in [0.05, 0.1) is 5.75 Å². The highest BCUT2D eigenvalue weighted by Crippen LogP contribution is 2.23. The molecule has 0 aliphatic heterocycles. The van der Waals surface area contributed by atoms with Crippen molar-refractivity contribution in [2.75, 3.05) is 0 Å². The van der Waals surface area contributed by atoms with Crippen LogP contribution in [0.5, 0.6) is 5.75 Å². The van der Waals surface area contributed by atoms with E-state index in [1.165, 1.54) is 0 Å². The Bertz CT molecular complexity index is 493. The van der Waals surface area contributed by atoms with Gasteiger partial charge in [0.15, 0.2) is 0 Å². The van der Waals surface area contributed by atoms with Gasteiger partial charge in [-0.25, -0.2) is 9.67 Å². The van der Waals surface area contributed by atoms with Crippen LogP contribution in [0.4, 0.5) is 0 Å². The molecule has 1 heterocycles. The zero-order valence-electron chi connectivity index (χ0n) is 10.6. The monoisotopic (exact) mass is 263 g/mol. The van der Waals surface area contributed by atoms with Crippen molar-refractivity contribution in [1.29, 1.82) is 0 Å². The number of hydrogen-bond donors (Lipinski definition) is 1. The van der Waals surface area contributed by atoms with E-state index in [1.54, 1.807) is 30.2 Å². The molecule has 1 aromatic heterocycles. The van der Waals surface area contributed by atoms with E-state index < -0.39 is 0 Å². The predicted molar refractivity (Wildman–Crippen MR) is 72.5 cm³/mol. The first-order valence-electron chi connectivity index (χ1n) is 5.93. The second kappa shape index (κ2) is 5.91. The fourth-order valence-electron chi connectivity index (χ4n) is 1.59. The van der Waals surface area contributed by atoms with Crippen molar-refractivity contribution < 1.29 is 5.11 Å². The third-order valence-corrected chi connectivity index (χ3v) is 3.45. The summed E-state index contributed by atoms with van der Waals surface area (Å²) in [5, 5.41) is 13.5. The van der Waals surface area contributed by atoms with Crippen molar-refractivity contribution in [1.82, 2.24) is 14.8 Å². The molecule has 0 aliphatic rings. The van der Waals surface area contributed by atoms with Gasteiger partial charge in [-0.05, 0) is 30.2 Å². The summed E-state index contributed by atoms with van der Waals surface area (Å²) in [5.74, 6) is 2.63. The lowest BCUT2D eigenvalue weighted by molar-refractivity contribution is 0.471. The van der Waals surface area contributed by atoms with E-state index in [0.717, 1.165) is 23.0 Å². The highest BCUT2D eigenvalue weighted by Gasteiger charge is 2.06. The quantitative estimate of drug-likeness (QED) is 0.843. The number of nitrogens with zero attached hydrogens (tertiary/aromatic N) is 3. The van der Waals surface area contributed by atoms with Crippen molar-refractivity contribution >= 4 is 11.8 Å². The van der Waals surface area contributed by atoms with Crippen LogP contribution in [0.15, 0.2) is 35.5 Å². The molecule has 1 N–H and O–H groups in total. The topological polar surface area (TPSA) is 50.9 Å². The molecule has 1 aromatic carbocycles. The minimum atomic E-state index is 0.294. The second-order valence-corrected chi connectivity index (χ2v) is 5.58. The number of rotatable bonds is 5. The molecule has 2 aromatic rings. The molecule has 0 amide bonds. The number of aromatic hydroxyl groups is 1. The smallest absolute Gasteiger partial charge is 0.138 e. The largest absolute Gasteiger partial charge is 0.508 e. The van der Waals surface area contributed by atoms with Crippen molar-refractivity contribution in [3.05, 3.63) is 36.4 Å². The Kier molecular flexibility index (Phi) is 4.25. The highest BCUT2D eigenvalue weighted by molar-refractivity contribution is 7.98. The fraction of sp³-hybridized carbons (Fsp3) is 0.385. The van der Waals surface area contributed by atoms with Gasteiger partial charge in [-0.2, -0.15) is 5.10 Å². The number of benzene rings is 1. The zero-order valence-corrected chi connectivity index (χ0v) is 11.4. The van der Waals surface area contributed by atoms with Gasteiger partial charge in [-0.3, -0.25) is 0 Å². The Morgan fingerprint density at radius 3 is 2.67 bits per heavy atom. The molecule has 0 fully saturated rings. The standard InChI is InChI=1S/C13H17N3OS/c1-10(2)7-16-13(14-9-15-16)8-18-12-5-3-11(17)4-6-12/h3-6,9-10,17H,7-8H2,1-2H3. The van der Waals surface area contributed by atoms with E-state index in [9.17, 15) is 5.11 Å². The molecule has 0 bridgehead atoms. The van der Waals surface area contributed by atoms with Gasteiger partial charge in [0.1, 0.15) is 17.9 Å². The Labute approximate surface area is 111 Å². The Balaban J connectivity index is 1.97. The first-order chi connectivity index (χ1) is 8.65. The first kappa shape index (κ1) is 13.0. The molecule has 4 nitrogen and oxygen atoms in total. The van der Waals surface area contributed by atoms with Crippen LogP contribution in [0.2, 0.25) is 0 Å². The van der Waals surface area contributed by atoms with Crippen LogP contribution in [0, 0.1) is 5.92 Å². The second-order valence-electron chi connectivity index (χ2n) is 4.53. The maximum atomic E-state index is 9.22. The fourth-order valence-corrected chi connectivity index (χ4v) is 2.44. The zero-order chi connectivity index (χ0) is 13.0. The molecule has 0 saturated carbocycles. The van der Waals surface area contributed by atoms with Gasteiger partial charge in [-0.15, -0.1) is 11.8 Å². The minimum Gasteiger partial charge on any atom is -0.508 e. The van der Waals surface area contributed by atoms with Crippen LogP contribution in [0.3, 0.4) is 0 Å². The van der Waals surface area contributed by atoms with E-state index in [4.69, 9.17) is 0 Å². The maximum absolute atomic E-state index is 9.22. The molecule has 18 heavy (non-hydrogen) atoms. The van der Waals surface area contributed by atoms with Gasteiger partial charge in [0.2, 0.25) is 0 Å². The average Bonchev–Trinajstić information content (AvgIpc) is 2.75. The Morgan fingerprint density at radius 1 is 1.28 bits per heavy atom. The number of aromatic nitrogens is 3. The molecule has 0 saturated heterocycles. The Morgan fingerprint density at radius 2 is 2.00 bits per heavy atom. The average molecular weight is 263 g/mol. The lowest BCUT2D eigenvalue weighted by Crippen LogP contribution is -2.09. The van der Waals surface area contributed by atoms with E-state index in [1.807, 2.05) is 16.8 Å². The summed E-state index contributed by atoms with van der Waals surface area (Å²) in [7, 11) is 0. The summed E-state index contributed by atoms with van der Waals surface area (Å²) < 4.78 is 1.96. The molecule has 2 rings (SSSR count). The first-order valence-corrected chi connectivity index (χ1v) is 6.92. The number of thioether (sulfide) groups is 1. The van der Waals surface area contributed by atoms with Crippen molar-refractivity contribution in [3.63, 3.8) is 0 Å². The van der Waals surface area contributed by atoms with Gasteiger partial charge in [0.25, 0.3) is 0 Å². The van der Waals surface area contributed by atoms with E-state index >= 15 is 0 Å². The summed E-state index contributed by atoms with van der Waals surface area (Å²) in [6.07, 6.45) is 1.61. The van der Waals surface area contributed by atoms with Gasteiger partial charge in [0, 0.05) is 11.4 Å². The summed E-state index contributed by atoms with van der Waals surface area (Å²) in [6, 6.07) is 7.20. The van der Waals surface area contributed by atoms with Crippen molar-refractivity contribution in [2.45, 2.75) is 31.0 Å². The lowest BCUT2D eigenvalue weighted by atomic mass is 10.2. The van der Waals surface area contributed by atoms with Crippen LogP contribution in [-0.4, -0.2) is 19.9 Å².